The highest BCUT2D eigenvalue weighted by molar-refractivity contribution is 7.17. The van der Waals surface area contributed by atoms with E-state index < -0.39 is 0 Å². The number of thiazole rings is 1. The van der Waals surface area contributed by atoms with Crippen molar-refractivity contribution in [3.8, 4) is 11.3 Å². The number of aryl methyl sites for hydroxylation is 4. The summed E-state index contributed by atoms with van der Waals surface area (Å²) in [5.74, 6) is 0. The highest BCUT2D eigenvalue weighted by Gasteiger charge is 2.23. The van der Waals surface area contributed by atoms with E-state index in [9.17, 15) is 0 Å². The van der Waals surface area contributed by atoms with Crippen molar-refractivity contribution in [3.05, 3.63) is 45.6 Å². The summed E-state index contributed by atoms with van der Waals surface area (Å²) in [6.45, 7) is 4.98. The smallest absolute Gasteiger partial charge is 0.194 e. The van der Waals surface area contributed by atoms with Gasteiger partial charge in [-0.25, -0.2) is 4.98 Å². The van der Waals surface area contributed by atoms with E-state index in [1.54, 1.807) is 0 Å². The first-order valence-corrected chi connectivity index (χ1v) is 8.80. The summed E-state index contributed by atoms with van der Waals surface area (Å²) in [5.41, 5.74) is 13.6. The number of rotatable bonds is 3. The van der Waals surface area contributed by atoms with Crippen molar-refractivity contribution in [1.29, 1.82) is 0 Å². The molecule has 1 aliphatic rings. The molecule has 1 aliphatic carbocycles. The van der Waals surface area contributed by atoms with Gasteiger partial charge in [0.15, 0.2) is 4.96 Å². The van der Waals surface area contributed by atoms with Crippen LogP contribution < -0.4 is 5.73 Å². The Morgan fingerprint density at radius 1 is 1.23 bits per heavy atom. The summed E-state index contributed by atoms with van der Waals surface area (Å²) in [6, 6.07) is 6.63. The third-order valence-electron chi connectivity index (χ3n) is 4.73. The van der Waals surface area contributed by atoms with Crippen LogP contribution in [0.1, 0.15) is 33.8 Å². The number of hydrogen-bond acceptors (Lipinski definition) is 3. The molecule has 0 saturated carbocycles. The molecule has 22 heavy (non-hydrogen) atoms. The first kappa shape index (κ1) is 14.0. The molecular formula is C18H21N3S. The first-order chi connectivity index (χ1) is 10.7. The van der Waals surface area contributed by atoms with Crippen molar-refractivity contribution in [1.82, 2.24) is 9.38 Å². The van der Waals surface area contributed by atoms with Crippen molar-refractivity contribution in [2.24, 2.45) is 5.73 Å². The Hall–Kier alpha value is -1.65. The van der Waals surface area contributed by atoms with Crippen LogP contribution in [0.2, 0.25) is 0 Å². The number of fused-ring (bicyclic) bond motifs is 3. The standard InChI is InChI=1S/C18H21N3S/c1-11-6-7-13(10-12(11)2)17-15(8-9-19)21-14-4-3-5-16(14)22-18(21)20-17/h6-7,10H,3-5,8-9,19H2,1-2H3. The molecule has 3 nitrogen and oxygen atoms in total. The Kier molecular flexibility index (Phi) is 3.31. The van der Waals surface area contributed by atoms with Gasteiger partial charge in [0.05, 0.1) is 11.4 Å². The van der Waals surface area contributed by atoms with E-state index in [1.807, 2.05) is 11.3 Å². The molecule has 0 spiro atoms. The zero-order valence-electron chi connectivity index (χ0n) is 13.1. The molecule has 1 aromatic carbocycles. The van der Waals surface area contributed by atoms with Crippen LogP contribution in [-0.2, 0) is 19.3 Å². The molecule has 0 radical (unpaired) electrons. The van der Waals surface area contributed by atoms with Gasteiger partial charge in [-0.1, -0.05) is 12.1 Å². The Balaban J connectivity index is 1.95. The molecule has 0 bridgehead atoms. The fourth-order valence-electron chi connectivity index (χ4n) is 3.42. The minimum atomic E-state index is 0.663. The molecule has 0 saturated heterocycles. The quantitative estimate of drug-likeness (QED) is 0.802. The van der Waals surface area contributed by atoms with Crippen molar-refractivity contribution >= 4 is 16.3 Å². The topological polar surface area (TPSA) is 43.3 Å². The fraction of sp³-hybridized carbons (Fsp3) is 0.389. The molecule has 0 unspecified atom stereocenters. The van der Waals surface area contributed by atoms with Crippen LogP contribution in [0.25, 0.3) is 16.2 Å². The third-order valence-corrected chi connectivity index (χ3v) is 5.87. The molecule has 2 N–H and O–H groups in total. The summed E-state index contributed by atoms with van der Waals surface area (Å²) < 4.78 is 2.39. The number of imidazole rings is 1. The van der Waals surface area contributed by atoms with Crippen LogP contribution in [0.15, 0.2) is 18.2 Å². The van der Waals surface area contributed by atoms with E-state index in [2.05, 4.69) is 36.4 Å². The third kappa shape index (κ3) is 2.02. The lowest BCUT2D eigenvalue weighted by Gasteiger charge is -2.07. The van der Waals surface area contributed by atoms with E-state index in [4.69, 9.17) is 10.7 Å². The van der Waals surface area contributed by atoms with E-state index in [0.717, 1.165) is 17.1 Å². The highest BCUT2D eigenvalue weighted by Crippen LogP contribution is 2.36. The molecule has 114 valence electrons. The molecule has 3 aromatic rings. The number of hydrogen-bond donors (Lipinski definition) is 1. The first-order valence-electron chi connectivity index (χ1n) is 7.98. The van der Waals surface area contributed by atoms with Crippen molar-refractivity contribution in [2.45, 2.75) is 39.5 Å². The minimum Gasteiger partial charge on any atom is -0.330 e. The van der Waals surface area contributed by atoms with E-state index >= 15 is 0 Å². The molecule has 0 aliphatic heterocycles. The minimum absolute atomic E-state index is 0.663. The maximum atomic E-state index is 5.89. The second-order valence-electron chi connectivity index (χ2n) is 6.19. The maximum absolute atomic E-state index is 5.89. The van der Waals surface area contributed by atoms with Gasteiger partial charge in [-0.05, 0) is 56.8 Å². The second kappa shape index (κ2) is 5.21. The van der Waals surface area contributed by atoms with Gasteiger partial charge in [0.1, 0.15) is 0 Å². The molecule has 2 aromatic heterocycles. The largest absolute Gasteiger partial charge is 0.330 e. The van der Waals surface area contributed by atoms with Crippen LogP contribution in [0, 0.1) is 13.8 Å². The normalized spacial score (nSPS) is 14.0. The van der Waals surface area contributed by atoms with Crippen LogP contribution >= 0.6 is 11.3 Å². The lowest BCUT2D eigenvalue weighted by molar-refractivity contribution is 0.853. The van der Waals surface area contributed by atoms with E-state index in [-0.39, 0.29) is 0 Å². The van der Waals surface area contributed by atoms with Gasteiger partial charge in [0.25, 0.3) is 0 Å². The summed E-state index contributed by atoms with van der Waals surface area (Å²) in [7, 11) is 0. The zero-order chi connectivity index (χ0) is 15.3. The van der Waals surface area contributed by atoms with Gasteiger partial charge in [-0.2, -0.15) is 0 Å². The van der Waals surface area contributed by atoms with Crippen LogP contribution in [0.4, 0.5) is 0 Å². The van der Waals surface area contributed by atoms with Crippen molar-refractivity contribution < 1.29 is 0 Å². The van der Waals surface area contributed by atoms with Gasteiger partial charge in [-0.3, -0.25) is 4.40 Å². The Labute approximate surface area is 134 Å². The summed E-state index contributed by atoms with van der Waals surface area (Å²) in [5, 5.41) is 0. The van der Waals surface area contributed by atoms with Crippen LogP contribution in [0.5, 0.6) is 0 Å². The number of benzene rings is 1. The maximum Gasteiger partial charge on any atom is 0.194 e. The van der Waals surface area contributed by atoms with Crippen LogP contribution in [0.3, 0.4) is 0 Å². The Bertz CT molecular complexity index is 857. The summed E-state index contributed by atoms with van der Waals surface area (Å²) in [6.07, 6.45) is 4.54. The molecular weight excluding hydrogens is 290 g/mol. The predicted molar refractivity (Wildman–Crippen MR) is 92.8 cm³/mol. The average Bonchev–Trinajstić information content (AvgIpc) is 3.14. The molecule has 2 heterocycles. The van der Waals surface area contributed by atoms with Crippen molar-refractivity contribution in [3.63, 3.8) is 0 Å². The highest BCUT2D eigenvalue weighted by atomic mass is 32.1. The molecule has 4 heteroatoms. The zero-order valence-corrected chi connectivity index (χ0v) is 14.0. The number of nitrogens with zero attached hydrogens (tertiary/aromatic N) is 2. The average molecular weight is 311 g/mol. The SMILES string of the molecule is Cc1ccc(-c2nc3sc4c(n3c2CCN)CCC4)cc1C. The molecule has 0 atom stereocenters. The van der Waals surface area contributed by atoms with Gasteiger partial charge >= 0.3 is 0 Å². The summed E-state index contributed by atoms with van der Waals surface area (Å²) in [4.78, 5) is 7.62. The second-order valence-corrected chi connectivity index (χ2v) is 7.25. The number of aromatic nitrogens is 2. The van der Waals surface area contributed by atoms with Gasteiger partial charge in [-0.15, -0.1) is 11.3 Å². The van der Waals surface area contributed by atoms with E-state index in [1.165, 1.54) is 52.2 Å². The van der Waals surface area contributed by atoms with Gasteiger partial charge in [0.2, 0.25) is 0 Å². The molecule has 0 fully saturated rings. The van der Waals surface area contributed by atoms with Crippen molar-refractivity contribution in [2.75, 3.05) is 6.54 Å². The van der Waals surface area contributed by atoms with Gasteiger partial charge < -0.3 is 5.73 Å². The summed E-state index contributed by atoms with van der Waals surface area (Å²) >= 11 is 1.86. The van der Waals surface area contributed by atoms with Gasteiger partial charge in [0, 0.05) is 22.6 Å². The van der Waals surface area contributed by atoms with Crippen LogP contribution in [-0.4, -0.2) is 15.9 Å². The lowest BCUT2D eigenvalue weighted by atomic mass is 10.0. The molecule has 4 rings (SSSR count). The Morgan fingerprint density at radius 3 is 2.86 bits per heavy atom. The predicted octanol–water partition coefficient (Wildman–Crippen LogP) is 3.67. The Morgan fingerprint density at radius 2 is 2.09 bits per heavy atom. The molecule has 0 amide bonds. The number of nitrogens with two attached hydrogens (primary N) is 1. The lowest BCUT2D eigenvalue weighted by Crippen LogP contribution is -2.07. The fourth-order valence-corrected chi connectivity index (χ4v) is 4.65. The van der Waals surface area contributed by atoms with E-state index in [0.29, 0.717) is 6.54 Å². The monoisotopic (exact) mass is 311 g/mol.